The van der Waals surface area contributed by atoms with Crippen LogP contribution >= 0.6 is 11.3 Å². The third-order valence-corrected chi connectivity index (χ3v) is 8.74. The molecule has 4 aromatic heterocycles. The zero-order valence-corrected chi connectivity index (χ0v) is 21.1. The number of methoxy groups -OCH3 is 2. The van der Waals surface area contributed by atoms with Gasteiger partial charge >= 0.3 is 0 Å². The molecule has 0 bridgehead atoms. The van der Waals surface area contributed by atoms with Gasteiger partial charge in [0.1, 0.15) is 16.7 Å². The molecule has 1 aliphatic carbocycles. The second-order valence-electron chi connectivity index (χ2n) is 9.94. The highest BCUT2D eigenvalue weighted by Crippen LogP contribution is 2.43. The lowest BCUT2D eigenvalue weighted by Crippen LogP contribution is -2.56. The number of thiazole rings is 1. The van der Waals surface area contributed by atoms with Crippen molar-refractivity contribution in [3.05, 3.63) is 29.2 Å². The Bertz CT molecular complexity index is 1310. The number of likely N-dealkylation sites (tertiary alicyclic amines) is 1. The summed E-state index contributed by atoms with van der Waals surface area (Å²) in [6, 6.07) is 2.75. The fourth-order valence-corrected chi connectivity index (χ4v) is 6.81. The molecule has 180 valence electrons. The van der Waals surface area contributed by atoms with Gasteiger partial charge in [-0.3, -0.25) is 4.90 Å². The lowest BCUT2D eigenvalue weighted by atomic mass is 9.84. The fraction of sp³-hybridized carbons (Fsp3) is 0.560. The van der Waals surface area contributed by atoms with Gasteiger partial charge in [0.15, 0.2) is 11.4 Å². The Labute approximate surface area is 203 Å². The maximum atomic E-state index is 5.59. The van der Waals surface area contributed by atoms with E-state index in [0.717, 1.165) is 35.5 Å². The Balaban J connectivity index is 1.28. The molecule has 2 fully saturated rings. The van der Waals surface area contributed by atoms with Crippen LogP contribution in [0.15, 0.2) is 18.6 Å². The van der Waals surface area contributed by atoms with E-state index in [1.165, 1.54) is 41.1 Å². The van der Waals surface area contributed by atoms with E-state index in [2.05, 4.69) is 33.8 Å². The van der Waals surface area contributed by atoms with Gasteiger partial charge in [0.2, 0.25) is 0 Å². The van der Waals surface area contributed by atoms with Crippen LogP contribution < -0.4 is 4.74 Å². The molecule has 1 saturated carbocycles. The topological polar surface area (TPSA) is 80.6 Å². The molecule has 6 rings (SSSR count). The van der Waals surface area contributed by atoms with E-state index in [-0.39, 0.29) is 0 Å². The largest absolute Gasteiger partial charge is 0.493 e. The van der Waals surface area contributed by atoms with Gasteiger partial charge in [-0.2, -0.15) is 5.10 Å². The highest BCUT2D eigenvalue weighted by Gasteiger charge is 2.35. The van der Waals surface area contributed by atoms with Crippen molar-refractivity contribution in [1.82, 2.24) is 29.5 Å². The zero-order valence-electron chi connectivity index (χ0n) is 20.2. The predicted molar refractivity (Wildman–Crippen MR) is 134 cm³/mol. The Hall–Kier alpha value is -2.49. The lowest BCUT2D eigenvalue weighted by molar-refractivity contribution is -0.0579. The molecule has 5 heterocycles. The second kappa shape index (κ2) is 8.62. The van der Waals surface area contributed by atoms with Crippen molar-refractivity contribution in [2.45, 2.75) is 63.5 Å². The summed E-state index contributed by atoms with van der Waals surface area (Å²) >= 11 is 1.83. The number of fused-ring (bicyclic) bond motifs is 2. The summed E-state index contributed by atoms with van der Waals surface area (Å²) in [4.78, 5) is 17.0. The van der Waals surface area contributed by atoms with Crippen LogP contribution in [-0.4, -0.2) is 68.9 Å². The van der Waals surface area contributed by atoms with Crippen LogP contribution in [0.5, 0.6) is 5.75 Å². The first-order chi connectivity index (χ1) is 16.6. The number of hydrogen-bond acceptors (Lipinski definition) is 7. The van der Waals surface area contributed by atoms with Gasteiger partial charge in [0.05, 0.1) is 23.9 Å². The Kier molecular flexibility index (Phi) is 5.58. The van der Waals surface area contributed by atoms with Crippen molar-refractivity contribution in [2.24, 2.45) is 0 Å². The minimum absolute atomic E-state index is 0.340. The molecule has 9 heteroatoms. The first kappa shape index (κ1) is 22.0. The second-order valence-corrected chi connectivity index (χ2v) is 11.0. The van der Waals surface area contributed by atoms with E-state index in [4.69, 9.17) is 14.5 Å². The average Bonchev–Trinajstić information content (AvgIpc) is 3.52. The number of rotatable bonds is 6. The zero-order chi connectivity index (χ0) is 23.4. The maximum absolute atomic E-state index is 5.59. The van der Waals surface area contributed by atoms with Gasteiger partial charge in [0.25, 0.3) is 0 Å². The number of ether oxygens (including phenoxy) is 2. The summed E-state index contributed by atoms with van der Waals surface area (Å²) in [7, 11) is 3.49. The third kappa shape index (κ3) is 3.61. The molecule has 1 N–H and O–H groups in total. The Morgan fingerprint density at radius 2 is 1.94 bits per heavy atom. The van der Waals surface area contributed by atoms with Crippen molar-refractivity contribution in [3.8, 4) is 17.0 Å². The number of hydrogen-bond donors (Lipinski definition) is 1. The quantitative estimate of drug-likeness (QED) is 0.426. The number of aromatic nitrogens is 5. The summed E-state index contributed by atoms with van der Waals surface area (Å²) in [6.07, 6.45) is 8.96. The first-order valence-electron chi connectivity index (χ1n) is 12.2. The molecule has 34 heavy (non-hydrogen) atoms. The first-order valence-corrected chi connectivity index (χ1v) is 13.0. The third-order valence-electron chi connectivity index (χ3n) is 7.61. The molecule has 0 aromatic carbocycles. The molecular weight excluding hydrogens is 448 g/mol. The summed E-state index contributed by atoms with van der Waals surface area (Å²) in [5.74, 6) is 1.62. The van der Waals surface area contributed by atoms with Crippen molar-refractivity contribution < 1.29 is 9.47 Å². The molecule has 0 unspecified atom stereocenters. The Morgan fingerprint density at radius 3 is 2.65 bits per heavy atom. The van der Waals surface area contributed by atoms with Crippen molar-refractivity contribution >= 4 is 27.3 Å². The minimum Gasteiger partial charge on any atom is -0.493 e. The van der Waals surface area contributed by atoms with E-state index >= 15 is 0 Å². The predicted octanol–water partition coefficient (Wildman–Crippen LogP) is 4.82. The van der Waals surface area contributed by atoms with Crippen molar-refractivity contribution in [1.29, 1.82) is 0 Å². The smallest absolute Gasteiger partial charge is 0.197 e. The number of nitrogens with one attached hydrogen (secondary N) is 1. The van der Waals surface area contributed by atoms with Gasteiger partial charge in [-0.15, -0.1) is 11.3 Å². The highest BCUT2D eigenvalue weighted by molar-refractivity contribution is 7.18. The van der Waals surface area contributed by atoms with Crippen LogP contribution in [0.3, 0.4) is 0 Å². The Morgan fingerprint density at radius 1 is 1.15 bits per heavy atom. The van der Waals surface area contributed by atoms with Crippen LogP contribution in [0, 0.1) is 0 Å². The van der Waals surface area contributed by atoms with E-state index in [9.17, 15) is 0 Å². The van der Waals surface area contributed by atoms with Gasteiger partial charge in [-0.05, 0) is 37.7 Å². The molecule has 8 nitrogen and oxygen atoms in total. The summed E-state index contributed by atoms with van der Waals surface area (Å²) in [6.45, 7) is 6.67. The number of nitrogens with zero attached hydrogens (tertiary/aromatic N) is 5. The van der Waals surface area contributed by atoms with Crippen molar-refractivity contribution in [2.75, 3.05) is 27.3 Å². The standard InChI is InChI=1S/C25H32N6O2S/c1-14(2)20-21(16-9-19(33-4)23-26-13-27-31(23)10-16)28-25-22(20)29-24(34-25)15-5-7-17(8-6-15)30-11-18(12-30)32-3/h9-10,13-15,17-18,28H,5-8,11-12H2,1-4H3. The highest BCUT2D eigenvalue weighted by atomic mass is 32.1. The number of pyridine rings is 1. The molecular formula is C25H32N6O2S. The van der Waals surface area contributed by atoms with Crippen LogP contribution in [0.2, 0.25) is 0 Å². The number of H-pyrrole nitrogens is 1. The maximum Gasteiger partial charge on any atom is 0.197 e. The number of aromatic amines is 1. The van der Waals surface area contributed by atoms with E-state index in [0.29, 0.717) is 29.7 Å². The average molecular weight is 481 g/mol. The minimum atomic E-state index is 0.340. The molecule has 0 atom stereocenters. The van der Waals surface area contributed by atoms with Gasteiger partial charge in [-0.1, -0.05) is 13.8 Å². The van der Waals surface area contributed by atoms with Crippen LogP contribution in [0.4, 0.5) is 0 Å². The van der Waals surface area contributed by atoms with Gasteiger partial charge < -0.3 is 14.5 Å². The van der Waals surface area contributed by atoms with E-state index in [1.54, 1.807) is 18.0 Å². The molecule has 4 aromatic rings. The lowest BCUT2D eigenvalue weighted by Gasteiger charge is -2.45. The van der Waals surface area contributed by atoms with Crippen molar-refractivity contribution in [3.63, 3.8) is 0 Å². The van der Waals surface area contributed by atoms with Crippen LogP contribution in [0.25, 0.3) is 27.3 Å². The molecule has 1 aliphatic heterocycles. The normalized spacial score (nSPS) is 22.1. The van der Waals surface area contributed by atoms with Crippen LogP contribution in [-0.2, 0) is 4.74 Å². The summed E-state index contributed by atoms with van der Waals surface area (Å²) in [5, 5.41) is 5.62. The monoisotopic (exact) mass is 480 g/mol. The molecule has 2 aliphatic rings. The summed E-state index contributed by atoms with van der Waals surface area (Å²) in [5.41, 5.74) is 5.24. The fourth-order valence-electron chi connectivity index (χ4n) is 5.66. The van der Waals surface area contributed by atoms with Gasteiger partial charge in [-0.25, -0.2) is 14.5 Å². The SMILES string of the molecule is COc1cc(-c2[nH]c3sc(C4CCC(N5CC(OC)C5)CC4)nc3c2C(C)C)cn2ncnc12. The molecule has 0 spiro atoms. The van der Waals surface area contributed by atoms with Gasteiger partial charge in [0, 0.05) is 49.5 Å². The van der Waals surface area contributed by atoms with E-state index < -0.39 is 0 Å². The van der Waals surface area contributed by atoms with E-state index in [1.807, 2.05) is 30.7 Å². The molecule has 0 radical (unpaired) electrons. The molecule has 0 amide bonds. The molecule has 1 saturated heterocycles. The van der Waals surface area contributed by atoms with Crippen LogP contribution in [0.1, 0.15) is 61.9 Å². The summed E-state index contributed by atoms with van der Waals surface area (Å²) < 4.78 is 12.8.